The molecule has 6 nitrogen and oxygen atoms in total. The Morgan fingerprint density at radius 1 is 0.610 bits per heavy atom. The Hall–Kier alpha value is -6.23. The van der Waals surface area contributed by atoms with Crippen LogP contribution in [-0.4, -0.2) is 23.9 Å². The molecule has 0 spiro atoms. The van der Waals surface area contributed by atoms with Crippen LogP contribution < -0.4 is 4.74 Å². The molecule has 0 saturated heterocycles. The van der Waals surface area contributed by atoms with E-state index in [1.165, 1.54) is 32.9 Å². The molecular weight excluding hydrogens is 906 g/mol. The molecule has 0 N–H and O–H groups in total. The van der Waals surface area contributed by atoms with Gasteiger partial charge >= 0.3 is 21.1 Å². The van der Waals surface area contributed by atoms with E-state index in [4.69, 9.17) is 14.8 Å². The summed E-state index contributed by atoms with van der Waals surface area (Å²) in [6, 6.07) is 51.9. The summed E-state index contributed by atoms with van der Waals surface area (Å²) >= 11 is 0. The maximum Gasteiger partial charge on any atom is 2.00 e. The first-order chi connectivity index (χ1) is 28.0. The predicted octanol–water partition coefficient (Wildman–Crippen LogP) is 13.0. The largest absolute Gasteiger partial charge is 2.00 e. The van der Waals surface area contributed by atoms with Crippen molar-refractivity contribution in [2.24, 2.45) is 0 Å². The average Bonchev–Trinajstić information content (AvgIpc) is 3.87. The Labute approximate surface area is 359 Å². The van der Waals surface area contributed by atoms with E-state index in [1.54, 1.807) is 0 Å². The van der Waals surface area contributed by atoms with Crippen molar-refractivity contribution in [2.45, 2.75) is 53.9 Å². The van der Waals surface area contributed by atoms with Crippen molar-refractivity contribution in [1.29, 1.82) is 0 Å². The number of nitrogens with zero attached hydrogens (tertiary/aromatic N) is 5. The molecule has 0 fully saturated rings. The van der Waals surface area contributed by atoms with Gasteiger partial charge in [0, 0.05) is 51.0 Å². The van der Waals surface area contributed by atoms with E-state index in [-0.39, 0.29) is 26.5 Å². The van der Waals surface area contributed by atoms with E-state index in [0.29, 0.717) is 11.5 Å². The average molecular weight is 949 g/mol. The molecule has 0 aliphatic heterocycles. The Morgan fingerprint density at radius 2 is 1.29 bits per heavy atom. The molecule has 10 aromatic rings. The molecule has 0 aliphatic rings. The fraction of sp³-hybridized carbons (Fsp3) is 0.154. The monoisotopic (exact) mass is 948 g/mol. The molecule has 0 atom stereocenters. The van der Waals surface area contributed by atoms with Crippen LogP contribution >= 0.6 is 0 Å². The second kappa shape index (κ2) is 14.5. The van der Waals surface area contributed by atoms with Crippen molar-refractivity contribution in [1.82, 2.24) is 23.9 Å². The maximum atomic E-state index is 6.68. The fourth-order valence-electron chi connectivity index (χ4n) is 8.85. The second-order valence-electron chi connectivity index (χ2n) is 16.4. The van der Waals surface area contributed by atoms with Gasteiger partial charge in [0.15, 0.2) is 0 Å². The SMILES string of the molecule is Cc1cc(Oc2[c-]c3c(cc2)c2ccccc2n3-c2cc(-n3c4c(C)cccc4c4cccc(C)c43)ccn2)[c-]c(-n2nc(C)c(-c3ccccc3)c2C(C)(C)C)c1.[Pt+2]. The molecule has 59 heavy (non-hydrogen) atoms. The van der Waals surface area contributed by atoms with Gasteiger partial charge in [-0.2, -0.15) is 16.7 Å². The van der Waals surface area contributed by atoms with Gasteiger partial charge in [-0.3, -0.25) is 4.68 Å². The minimum Gasteiger partial charge on any atom is -0.509 e. The van der Waals surface area contributed by atoms with Gasteiger partial charge in [-0.05, 0) is 60.7 Å². The zero-order valence-electron chi connectivity index (χ0n) is 34.2. The van der Waals surface area contributed by atoms with Gasteiger partial charge in [-0.1, -0.05) is 118 Å². The molecule has 4 aromatic heterocycles. The Kier molecular flexibility index (Phi) is 9.44. The van der Waals surface area contributed by atoms with Gasteiger partial charge < -0.3 is 13.9 Å². The summed E-state index contributed by atoms with van der Waals surface area (Å²) in [5, 5.41) is 9.79. The van der Waals surface area contributed by atoms with Gasteiger partial charge in [0.25, 0.3) is 0 Å². The summed E-state index contributed by atoms with van der Waals surface area (Å²) in [5.74, 6) is 1.99. The van der Waals surface area contributed by atoms with Crippen LogP contribution in [0.15, 0.2) is 134 Å². The van der Waals surface area contributed by atoms with Crippen molar-refractivity contribution >= 4 is 43.6 Å². The summed E-state index contributed by atoms with van der Waals surface area (Å²) in [4.78, 5) is 5.00. The first-order valence-corrected chi connectivity index (χ1v) is 19.8. The van der Waals surface area contributed by atoms with Crippen molar-refractivity contribution in [3.63, 3.8) is 0 Å². The van der Waals surface area contributed by atoms with Crippen LogP contribution in [0.4, 0.5) is 0 Å². The van der Waals surface area contributed by atoms with Gasteiger partial charge in [-0.15, -0.1) is 35.7 Å². The molecule has 0 radical (unpaired) electrons. The van der Waals surface area contributed by atoms with Gasteiger partial charge in [0.2, 0.25) is 0 Å². The zero-order valence-corrected chi connectivity index (χ0v) is 36.4. The number of hydrogen-bond acceptors (Lipinski definition) is 3. The van der Waals surface area contributed by atoms with Crippen molar-refractivity contribution in [3.8, 4) is 39.8 Å². The number of pyridine rings is 1. The van der Waals surface area contributed by atoms with Crippen LogP contribution in [0.1, 0.15) is 48.8 Å². The first kappa shape index (κ1) is 38.3. The summed E-state index contributed by atoms with van der Waals surface area (Å²) in [6.45, 7) is 15.2. The molecule has 0 saturated carbocycles. The Morgan fingerprint density at radius 3 is 2.00 bits per heavy atom. The number of ether oxygens (including phenoxy) is 1. The van der Waals surface area contributed by atoms with E-state index in [9.17, 15) is 0 Å². The number of aromatic nitrogens is 5. The van der Waals surface area contributed by atoms with Crippen molar-refractivity contribution in [3.05, 3.63) is 174 Å². The van der Waals surface area contributed by atoms with Gasteiger partial charge in [0.1, 0.15) is 5.82 Å². The maximum absolute atomic E-state index is 6.68. The molecule has 0 unspecified atom stereocenters. The fourth-order valence-corrected chi connectivity index (χ4v) is 8.85. The minimum atomic E-state index is -0.193. The third-order valence-electron chi connectivity index (χ3n) is 11.2. The first-order valence-electron chi connectivity index (χ1n) is 19.8. The number of para-hydroxylation sites is 3. The number of aryl methyl sites for hydroxylation is 4. The second-order valence-corrected chi connectivity index (χ2v) is 16.4. The molecule has 292 valence electrons. The molecule has 4 heterocycles. The van der Waals surface area contributed by atoms with Crippen LogP contribution in [-0.2, 0) is 26.5 Å². The van der Waals surface area contributed by atoms with Gasteiger partial charge in [-0.25, -0.2) is 4.98 Å². The predicted molar refractivity (Wildman–Crippen MR) is 237 cm³/mol. The topological polar surface area (TPSA) is 49.8 Å². The molecule has 0 bridgehead atoms. The van der Waals surface area contributed by atoms with Crippen molar-refractivity contribution < 1.29 is 25.8 Å². The van der Waals surface area contributed by atoms with Gasteiger partial charge in [0.05, 0.1) is 28.1 Å². The minimum absolute atomic E-state index is 0. The Bertz CT molecular complexity index is 3180. The summed E-state index contributed by atoms with van der Waals surface area (Å²) < 4.78 is 13.3. The number of hydrogen-bond donors (Lipinski definition) is 0. The molecule has 0 amide bonds. The Balaban J connectivity index is 0.00000449. The van der Waals surface area contributed by atoms with E-state index in [2.05, 4.69) is 179 Å². The number of fused-ring (bicyclic) bond motifs is 6. The smallest absolute Gasteiger partial charge is 0.509 e. The summed E-state index contributed by atoms with van der Waals surface area (Å²) in [6.07, 6.45) is 1.91. The third kappa shape index (κ3) is 6.38. The van der Waals surface area contributed by atoms with Crippen LogP contribution in [0.25, 0.3) is 71.9 Å². The van der Waals surface area contributed by atoms with E-state index in [1.807, 2.05) is 29.1 Å². The molecule has 6 aromatic carbocycles. The number of rotatable bonds is 6. The van der Waals surface area contributed by atoms with E-state index in [0.717, 1.165) is 67.1 Å². The van der Waals surface area contributed by atoms with Crippen LogP contribution in [0.2, 0.25) is 0 Å². The molecule has 7 heteroatoms. The van der Waals surface area contributed by atoms with E-state index < -0.39 is 0 Å². The van der Waals surface area contributed by atoms with Crippen LogP contribution in [0.3, 0.4) is 0 Å². The van der Waals surface area contributed by atoms with E-state index >= 15 is 0 Å². The molecule has 10 rings (SSSR count). The summed E-state index contributed by atoms with van der Waals surface area (Å²) in [5.41, 5.74) is 13.9. The molecule has 0 aliphatic carbocycles. The standard InChI is InChI=1S/C52H43N5O.Pt/c1-32-27-38(57-51(52(5,6)7)48(35(4)54-57)36-17-9-8-10-18-36)29-40(28-32)58-39-23-24-42-41-19-11-12-22-45(41)56(46(42)31-39)47-30-37(25-26-53-47)55-49-33(2)15-13-20-43(49)44-21-14-16-34(3)50(44)55;/h8-28,30H,1-7H3;/q-2;+2. The number of benzene rings is 6. The van der Waals surface area contributed by atoms with Crippen LogP contribution in [0.5, 0.6) is 11.5 Å². The molecular formula is C52H43N5OPt. The third-order valence-corrected chi connectivity index (χ3v) is 11.2. The summed E-state index contributed by atoms with van der Waals surface area (Å²) in [7, 11) is 0. The zero-order chi connectivity index (χ0) is 39.9. The normalized spacial score (nSPS) is 11.8. The van der Waals surface area contributed by atoms with Crippen molar-refractivity contribution in [2.75, 3.05) is 0 Å². The van der Waals surface area contributed by atoms with Crippen LogP contribution in [0, 0.1) is 39.8 Å². The quantitative estimate of drug-likeness (QED) is 0.156.